The Morgan fingerprint density at radius 1 is 0.719 bits per heavy atom. The van der Waals surface area contributed by atoms with E-state index in [9.17, 15) is 4.79 Å². The highest BCUT2D eigenvalue weighted by molar-refractivity contribution is 5.79. The van der Waals surface area contributed by atoms with Gasteiger partial charge in [-0.15, -0.1) is 0 Å². The number of carbonyl (C=O) groups is 1. The number of methoxy groups -OCH3 is 4. The Morgan fingerprint density at radius 3 is 1.81 bits per heavy atom. The molecule has 168 valence electrons. The molecule has 0 saturated heterocycles. The van der Waals surface area contributed by atoms with Crippen LogP contribution < -0.4 is 24.3 Å². The highest BCUT2D eigenvalue weighted by Crippen LogP contribution is 2.30. The Kier molecular flexibility index (Phi) is 7.97. The lowest BCUT2D eigenvalue weighted by Crippen LogP contribution is -2.31. The van der Waals surface area contributed by atoms with Crippen LogP contribution in [0.3, 0.4) is 0 Å². The predicted molar refractivity (Wildman–Crippen MR) is 124 cm³/mol. The lowest BCUT2D eigenvalue weighted by Gasteiger charge is -2.20. The molecule has 0 fully saturated rings. The lowest BCUT2D eigenvalue weighted by molar-refractivity contribution is -0.121. The number of benzene rings is 3. The first kappa shape index (κ1) is 23.0. The SMILES string of the molecule is COc1ccc(CC(=O)NC(Cc2ccc(OC)c(OC)c2)c2ccccc2)cc1OC. The van der Waals surface area contributed by atoms with Crippen LogP contribution in [0.5, 0.6) is 23.0 Å². The molecule has 6 nitrogen and oxygen atoms in total. The minimum absolute atomic E-state index is 0.0773. The molecule has 0 aromatic heterocycles. The van der Waals surface area contributed by atoms with Crippen LogP contribution in [0, 0.1) is 0 Å². The zero-order valence-corrected chi connectivity index (χ0v) is 18.9. The van der Waals surface area contributed by atoms with Gasteiger partial charge in [0.05, 0.1) is 40.9 Å². The van der Waals surface area contributed by atoms with Crippen LogP contribution in [0.4, 0.5) is 0 Å². The van der Waals surface area contributed by atoms with Crippen molar-refractivity contribution in [2.45, 2.75) is 18.9 Å². The van der Waals surface area contributed by atoms with Gasteiger partial charge < -0.3 is 24.3 Å². The number of rotatable bonds is 10. The average molecular weight is 436 g/mol. The Hall–Kier alpha value is -3.67. The van der Waals surface area contributed by atoms with Crippen LogP contribution in [0.15, 0.2) is 66.7 Å². The predicted octanol–water partition coefficient (Wildman–Crippen LogP) is 4.36. The zero-order valence-electron chi connectivity index (χ0n) is 18.9. The molecule has 0 aliphatic carbocycles. The highest BCUT2D eigenvalue weighted by atomic mass is 16.5. The van der Waals surface area contributed by atoms with E-state index < -0.39 is 0 Å². The molecule has 1 amide bonds. The summed E-state index contributed by atoms with van der Waals surface area (Å²) < 4.78 is 21.4. The first-order chi connectivity index (χ1) is 15.6. The number of nitrogens with one attached hydrogen (secondary N) is 1. The van der Waals surface area contributed by atoms with Gasteiger partial charge in [-0.2, -0.15) is 0 Å². The van der Waals surface area contributed by atoms with Gasteiger partial charge in [-0.1, -0.05) is 42.5 Å². The van der Waals surface area contributed by atoms with Crippen molar-refractivity contribution < 1.29 is 23.7 Å². The van der Waals surface area contributed by atoms with Crippen LogP contribution in [0.25, 0.3) is 0 Å². The van der Waals surface area contributed by atoms with Gasteiger partial charge >= 0.3 is 0 Å². The molecule has 0 saturated carbocycles. The first-order valence-corrected chi connectivity index (χ1v) is 10.3. The quantitative estimate of drug-likeness (QED) is 0.513. The second-order valence-electron chi connectivity index (χ2n) is 7.29. The third-order valence-electron chi connectivity index (χ3n) is 5.24. The molecule has 3 aromatic carbocycles. The number of hydrogen-bond acceptors (Lipinski definition) is 5. The fourth-order valence-corrected chi connectivity index (χ4v) is 3.60. The fourth-order valence-electron chi connectivity index (χ4n) is 3.60. The van der Waals surface area contributed by atoms with Gasteiger partial charge in [0.15, 0.2) is 23.0 Å². The van der Waals surface area contributed by atoms with E-state index in [2.05, 4.69) is 5.32 Å². The minimum atomic E-state index is -0.193. The van der Waals surface area contributed by atoms with Gasteiger partial charge in [-0.3, -0.25) is 4.79 Å². The van der Waals surface area contributed by atoms with Gasteiger partial charge in [0.25, 0.3) is 0 Å². The summed E-state index contributed by atoms with van der Waals surface area (Å²) in [5.41, 5.74) is 2.91. The maximum absolute atomic E-state index is 12.9. The Bertz CT molecular complexity index is 1040. The molecular formula is C26H29NO5. The summed E-state index contributed by atoms with van der Waals surface area (Å²) in [5.74, 6) is 2.49. The van der Waals surface area contributed by atoms with E-state index in [4.69, 9.17) is 18.9 Å². The molecule has 0 spiro atoms. The lowest BCUT2D eigenvalue weighted by atomic mass is 9.98. The summed E-state index contributed by atoms with van der Waals surface area (Å²) >= 11 is 0. The van der Waals surface area contributed by atoms with E-state index in [1.165, 1.54) is 0 Å². The van der Waals surface area contributed by atoms with E-state index in [0.29, 0.717) is 29.4 Å². The van der Waals surface area contributed by atoms with Gasteiger partial charge in [0.2, 0.25) is 5.91 Å². The topological polar surface area (TPSA) is 66.0 Å². The largest absolute Gasteiger partial charge is 0.493 e. The third kappa shape index (κ3) is 5.72. The van der Waals surface area contributed by atoms with Crippen LogP contribution >= 0.6 is 0 Å². The zero-order chi connectivity index (χ0) is 22.9. The smallest absolute Gasteiger partial charge is 0.224 e. The van der Waals surface area contributed by atoms with E-state index in [-0.39, 0.29) is 18.4 Å². The molecule has 32 heavy (non-hydrogen) atoms. The molecule has 0 heterocycles. The molecule has 0 bridgehead atoms. The van der Waals surface area contributed by atoms with Crippen molar-refractivity contribution in [3.05, 3.63) is 83.4 Å². The van der Waals surface area contributed by atoms with Crippen LogP contribution in [0.2, 0.25) is 0 Å². The van der Waals surface area contributed by atoms with Crippen molar-refractivity contribution in [1.29, 1.82) is 0 Å². The molecule has 3 rings (SSSR count). The molecule has 1 N–H and O–H groups in total. The maximum atomic E-state index is 12.9. The van der Waals surface area contributed by atoms with Crippen molar-refractivity contribution in [2.24, 2.45) is 0 Å². The van der Waals surface area contributed by atoms with Crippen molar-refractivity contribution >= 4 is 5.91 Å². The monoisotopic (exact) mass is 435 g/mol. The number of hydrogen-bond donors (Lipinski definition) is 1. The van der Waals surface area contributed by atoms with E-state index in [1.807, 2.05) is 60.7 Å². The van der Waals surface area contributed by atoms with Gasteiger partial charge in [-0.05, 0) is 47.4 Å². The second kappa shape index (κ2) is 11.1. The Morgan fingerprint density at radius 2 is 1.25 bits per heavy atom. The normalized spacial score (nSPS) is 11.4. The van der Waals surface area contributed by atoms with Crippen LogP contribution in [-0.4, -0.2) is 34.3 Å². The molecular weight excluding hydrogens is 406 g/mol. The summed E-state index contributed by atoms with van der Waals surface area (Å²) in [7, 11) is 6.39. The van der Waals surface area contributed by atoms with E-state index in [0.717, 1.165) is 16.7 Å². The third-order valence-corrected chi connectivity index (χ3v) is 5.24. The molecule has 0 aliphatic rings. The molecule has 0 radical (unpaired) electrons. The Balaban J connectivity index is 1.79. The van der Waals surface area contributed by atoms with Crippen LogP contribution in [0.1, 0.15) is 22.7 Å². The van der Waals surface area contributed by atoms with Crippen molar-refractivity contribution in [2.75, 3.05) is 28.4 Å². The second-order valence-corrected chi connectivity index (χ2v) is 7.29. The van der Waals surface area contributed by atoms with E-state index >= 15 is 0 Å². The van der Waals surface area contributed by atoms with E-state index in [1.54, 1.807) is 34.5 Å². The summed E-state index contributed by atoms with van der Waals surface area (Å²) in [6.45, 7) is 0. The highest BCUT2D eigenvalue weighted by Gasteiger charge is 2.17. The molecule has 0 aliphatic heterocycles. The first-order valence-electron chi connectivity index (χ1n) is 10.3. The summed E-state index contributed by atoms with van der Waals surface area (Å²) in [6, 6.07) is 21.0. The molecule has 1 atom stereocenters. The Labute approximate surface area is 189 Å². The van der Waals surface area contributed by atoms with Gasteiger partial charge in [-0.25, -0.2) is 0 Å². The number of amides is 1. The minimum Gasteiger partial charge on any atom is -0.493 e. The van der Waals surface area contributed by atoms with Crippen molar-refractivity contribution in [1.82, 2.24) is 5.32 Å². The molecule has 3 aromatic rings. The summed E-state index contributed by atoms with van der Waals surface area (Å²) in [4.78, 5) is 12.9. The average Bonchev–Trinajstić information content (AvgIpc) is 2.83. The summed E-state index contributed by atoms with van der Waals surface area (Å²) in [5, 5.41) is 3.18. The van der Waals surface area contributed by atoms with Gasteiger partial charge in [0, 0.05) is 0 Å². The summed E-state index contributed by atoms with van der Waals surface area (Å²) in [6.07, 6.45) is 0.845. The number of ether oxygens (including phenoxy) is 4. The fraction of sp³-hybridized carbons (Fsp3) is 0.269. The molecule has 1 unspecified atom stereocenters. The molecule has 6 heteroatoms. The van der Waals surface area contributed by atoms with Crippen molar-refractivity contribution in [3.8, 4) is 23.0 Å². The number of carbonyl (C=O) groups excluding carboxylic acids is 1. The van der Waals surface area contributed by atoms with Crippen molar-refractivity contribution in [3.63, 3.8) is 0 Å². The maximum Gasteiger partial charge on any atom is 0.224 e. The van der Waals surface area contributed by atoms with Crippen LogP contribution in [-0.2, 0) is 17.6 Å². The van der Waals surface area contributed by atoms with Gasteiger partial charge in [0.1, 0.15) is 0 Å². The standard InChI is InChI=1S/C26H29NO5/c1-29-22-12-10-18(15-24(22)31-3)14-21(20-8-6-5-7-9-20)27-26(28)17-19-11-13-23(30-2)25(16-19)32-4/h5-13,15-16,21H,14,17H2,1-4H3,(H,27,28).